The van der Waals surface area contributed by atoms with Crippen LogP contribution in [0.25, 0.3) is 0 Å². The maximum atomic E-state index is 12.5. The van der Waals surface area contributed by atoms with E-state index in [0.29, 0.717) is 30.3 Å². The van der Waals surface area contributed by atoms with Crippen LogP contribution in [-0.2, 0) is 0 Å². The van der Waals surface area contributed by atoms with Crippen LogP contribution < -0.4 is 11.5 Å². The molecule has 1 atom stereocenters. The lowest BCUT2D eigenvalue weighted by Gasteiger charge is -2.25. The highest BCUT2D eigenvalue weighted by molar-refractivity contribution is 5.95. The minimum Gasteiger partial charge on any atom is -0.399 e. The van der Waals surface area contributed by atoms with Gasteiger partial charge in [0.05, 0.1) is 0 Å². The van der Waals surface area contributed by atoms with Crippen molar-refractivity contribution in [2.75, 3.05) is 25.4 Å². The number of nitrogens with zero attached hydrogens (tertiary/aromatic N) is 1. The zero-order valence-electron chi connectivity index (χ0n) is 12.6. The normalized spacial score (nSPS) is 12.2. The monoisotopic (exact) mass is 277 g/mol. The molecule has 1 rings (SSSR count). The molecule has 1 unspecified atom stereocenters. The minimum atomic E-state index is 0.0195. The van der Waals surface area contributed by atoms with Gasteiger partial charge in [-0.15, -0.1) is 0 Å². The van der Waals surface area contributed by atoms with Crippen LogP contribution in [0.5, 0.6) is 0 Å². The predicted molar refractivity (Wildman–Crippen MR) is 84.5 cm³/mol. The number of rotatable bonds is 8. The third-order valence-electron chi connectivity index (χ3n) is 3.40. The highest BCUT2D eigenvalue weighted by atomic mass is 16.2. The Kier molecular flexibility index (Phi) is 7.09. The van der Waals surface area contributed by atoms with Crippen LogP contribution in [0, 0.1) is 5.92 Å². The van der Waals surface area contributed by atoms with Crippen molar-refractivity contribution in [1.82, 2.24) is 4.90 Å². The molecule has 1 amide bonds. The van der Waals surface area contributed by atoms with Crippen molar-refractivity contribution in [1.29, 1.82) is 0 Å². The third kappa shape index (κ3) is 5.21. The Morgan fingerprint density at radius 1 is 1.40 bits per heavy atom. The number of hydrogen-bond acceptors (Lipinski definition) is 3. The highest BCUT2D eigenvalue weighted by Gasteiger charge is 2.17. The van der Waals surface area contributed by atoms with Crippen molar-refractivity contribution >= 4 is 11.6 Å². The Morgan fingerprint density at radius 2 is 2.15 bits per heavy atom. The van der Waals surface area contributed by atoms with Gasteiger partial charge in [0, 0.05) is 30.9 Å². The summed E-state index contributed by atoms with van der Waals surface area (Å²) in [7, 11) is 0. The summed E-state index contributed by atoms with van der Waals surface area (Å²) >= 11 is 0. The Morgan fingerprint density at radius 3 is 2.75 bits per heavy atom. The predicted octanol–water partition coefficient (Wildman–Crippen LogP) is 2.50. The summed E-state index contributed by atoms with van der Waals surface area (Å²) in [6.45, 7) is 6.19. The number of hydrogen-bond donors (Lipinski definition) is 2. The lowest BCUT2D eigenvalue weighted by molar-refractivity contribution is 0.0734. The van der Waals surface area contributed by atoms with E-state index in [1.807, 2.05) is 11.0 Å². The zero-order chi connectivity index (χ0) is 15.0. The van der Waals surface area contributed by atoms with E-state index in [2.05, 4.69) is 13.8 Å². The molecular formula is C16H27N3O. The lowest BCUT2D eigenvalue weighted by atomic mass is 10.0. The van der Waals surface area contributed by atoms with Crippen LogP contribution in [0.1, 0.15) is 43.5 Å². The molecule has 112 valence electrons. The Balaban J connectivity index is 2.71. The summed E-state index contributed by atoms with van der Waals surface area (Å²) in [5.41, 5.74) is 12.6. The van der Waals surface area contributed by atoms with Crippen LogP contribution in [0.2, 0.25) is 0 Å². The van der Waals surface area contributed by atoms with Gasteiger partial charge in [-0.1, -0.05) is 32.8 Å². The molecule has 0 bridgehead atoms. The van der Waals surface area contributed by atoms with E-state index in [-0.39, 0.29) is 5.91 Å². The molecule has 0 aliphatic heterocycles. The van der Waals surface area contributed by atoms with Gasteiger partial charge in [0.2, 0.25) is 0 Å². The maximum absolute atomic E-state index is 12.5. The quantitative estimate of drug-likeness (QED) is 0.717. The largest absolute Gasteiger partial charge is 0.399 e. The topological polar surface area (TPSA) is 72.3 Å². The molecule has 0 aromatic heterocycles. The van der Waals surface area contributed by atoms with Crippen molar-refractivity contribution < 1.29 is 4.79 Å². The smallest absolute Gasteiger partial charge is 0.253 e. The van der Waals surface area contributed by atoms with Crippen LogP contribution in [-0.4, -0.2) is 30.4 Å². The van der Waals surface area contributed by atoms with Crippen molar-refractivity contribution in [3.05, 3.63) is 29.8 Å². The fourth-order valence-corrected chi connectivity index (χ4v) is 2.31. The number of anilines is 1. The summed E-state index contributed by atoms with van der Waals surface area (Å²) in [6, 6.07) is 7.12. The van der Waals surface area contributed by atoms with Gasteiger partial charge < -0.3 is 16.4 Å². The molecule has 0 saturated carbocycles. The van der Waals surface area contributed by atoms with E-state index >= 15 is 0 Å². The van der Waals surface area contributed by atoms with Crippen molar-refractivity contribution in [2.24, 2.45) is 11.7 Å². The Bertz CT molecular complexity index is 420. The standard InChI is InChI=1S/C16H27N3O/c1-3-4-6-13(2)12-19(10-9-17)16(20)14-7-5-8-15(18)11-14/h5,7-8,11,13H,3-4,6,9-10,12,17-18H2,1-2H3. The van der Waals surface area contributed by atoms with E-state index in [4.69, 9.17) is 11.5 Å². The number of benzene rings is 1. The maximum Gasteiger partial charge on any atom is 0.253 e. The summed E-state index contributed by atoms with van der Waals surface area (Å²) in [5.74, 6) is 0.512. The first-order valence-electron chi connectivity index (χ1n) is 7.43. The minimum absolute atomic E-state index is 0.0195. The second-order valence-corrected chi connectivity index (χ2v) is 5.41. The Labute approximate surface area is 122 Å². The fraction of sp³-hybridized carbons (Fsp3) is 0.562. The molecule has 0 fully saturated rings. The van der Waals surface area contributed by atoms with Gasteiger partial charge in [-0.25, -0.2) is 0 Å². The molecule has 0 aliphatic carbocycles. The van der Waals surface area contributed by atoms with Crippen molar-refractivity contribution in [3.8, 4) is 0 Å². The molecule has 4 nitrogen and oxygen atoms in total. The number of nitrogens with two attached hydrogens (primary N) is 2. The van der Waals surface area contributed by atoms with Crippen molar-refractivity contribution in [2.45, 2.75) is 33.1 Å². The number of carbonyl (C=O) groups excluding carboxylic acids is 1. The molecule has 0 saturated heterocycles. The first-order chi connectivity index (χ1) is 9.58. The van der Waals surface area contributed by atoms with E-state index < -0.39 is 0 Å². The molecular weight excluding hydrogens is 250 g/mol. The summed E-state index contributed by atoms with van der Waals surface area (Å²) in [5, 5.41) is 0. The molecule has 0 aliphatic rings. The number of carbonyl (C=O) groups is 1. The van der Waals surface area contributed by atoms with E-state index in [1.54, 1.807) is 18.2 Å². The second-order valence-electron chi connectivity index (χ2n) is 5.41. The van der Waals surface area contributed by atoms with Gasteiger partial charge in [-0.3, -0.25) is 4.79 Å². The molecule has 0 spiro atoms. The average molecular weight is 277 g/mol. The average Bonchev–Trinajstić information content (AvgIpc) is 2.44. The summed E-state index contributed by atoms with van der Waals surface area (Å²) in [6.07, 6.45) is 3.52. The number of unbranched alkanes of at least 4 members (excludes halogenated alkanes) is 1. The molecule has 1 aromatic carbocycles. The molecule has 4 heteroatoms. The third-order valence-corrected chi connectivity index (χ3v) is 3.40. The van der Waals surface area contributed by atoms with Gasteiger partial charge in [-0.2, -0.15) is 0 Å². The molecule has 4 N–H and O–H groups in total. The number of nitrogen functional groups attached to an aromatic ring is 1. The van der Waals surface area contributed by atoms with Gasteiger partial charge >= 0.3 is 0 Å². The van der Waals surface area contributed by atoms with E-state index in [0.717, 1.165) is 13.0 Å². The lowest BCUT2D eigenvalue weighted by Crippen LogP contribution is -2.38. The first-order valence-corrected chi connectivity index (χ1v) is 7.43. The van der Waals surface area contributed by atoms with Gasteiger partial charge in [0.1, 0.15) is 0 Å². The van der Waals surface area contributed by atoms with E-state index in [1.165, 1.54) is 12.8 Å². The van der Waals surface area contributed by atoms with Crippen LogP contribution in [0.15, 0.2) is 24.3 Å². The molecule has 0 heterocycles. The zero-order valence-corrected chi connectivity index (χ0v) is 12.6. The summed E-state index contributed by atoms with van der Waals surface area (Å²) < 4.78 is 0. The van der Waals surface area contributed by atoms with Crippen LogP contribution >= 0.6 is 0 Å². The SMILES string of the molecule is CCCCC(C)CN(CCN)C(=O)c1cccc(N)c1. The fourth-order valence-electron chi connectivity index (χ4n) is 2.31. The number of amides is 1. The Hall–Kier alpha value is -1.55. The molecule has 20 heavy (non-hydrogen) atoms. The van der Waals surface area contributed by atoms with Crippen LogP contribution in [0.4, 0.5) is 5.69 Å². The molecule has 1 aromatic rings. The van der Waals surface area contributed by atoms with Gasteiger partial charge in [0.25, 0.3) is 5.91 Å². The first kappa shape index (κ1) is 16.5. The summed E-state index contributed by atoms with van der Waals surface area (Å²) in [4.78, 5) is 14.4. The molecule has 0 radical (unpaired) electrons. The van der Waals surface area contributed by atoms with E-state index in [9.17, 15) is 4.79 Å². The van der Waals surface area contributed by atoms with Crippen molar-refractivity contribution in [3.63, 3.8) is 0 Å². The van der Waals surface area contributed by atoms with Gasteiger partial charge in [-0.05, 0) is 30.5 Å². The highest BCUT2D eigenvalue weighted by Crippen LogP contribution is 2.14. The van der Waals surface area contributed by atoms with Crippen LogP contribution in [0.3, 0.4) is 0 Å². The van der Waals surface area contributed by atoms with Gasteiger partial charge in [0.15, 0.2) is 0 Å². The second kappa shape index (κ2) is 8.59.